The van der Waals surface area contributed by atoms with Crippen LogP contribution in [0.5, 0.6) is 11.5 Å². The molecule has 1 amide bonds. The van der Waals surface area contributed by atoms with Crippen LogP contribution in [0.2, 0.25) is 0 Å². The third kappa shape index (κ3) is 4.37. The van der Waals surface area contributed by atoms with Crippen LogP contribution < -0.4 is 20.1 Å². The maximum absolute atomic E-state index is 12.6. The fourth-order valence-corrected chi connectivity index (χ4v) is 2.73. The van der Waals surface area contributed by atoms with Crippen LogP contribution in [0.1, 0.15) is 21.6 Å². The number of methoxy groups -OCH3 is 2. The number of amides is 1. The van der Waals surface area contributed by atoms with E-state index in [0.717, 1.165) is 16.8 Å². The molecule has 2 N–H and O–H groups in total. The van der Waals surface area contributed by atoms with E-state index in [-0.39, 0.29) is 11.6 Å². The van der Waals surface area contributed by atoms with Gasteiger partial charge >= 0.3 is 0 Å². The first-order valence-corrected chi connectivity index (χ1v) is 8.71. The number of ether oxygens (including phenoxy) is 2. The molecule has 7 heteroatoms. The molecule has 144 valence electrons. The van der Waals surface area contributed by atoms with Gasteiger partial charge in [0.15, 0.2) is 11.5 Å². The molecule has 0 aliphatic heterocycles. The lowest BCUT2D eigenvalue weighted by Crippen LogP contribution is -2.15. The van der Waals surface area contributed by atoms with Gasteiger partial charge in [0.05, 0.1) is 14.2 Å². The lowest BCUT2D eigenvalue weighted by atomic mass is 10.1. The predicted molar refractivity (Wildman–Crippen MR) is 109 cm³/mol. The molecule has 0 spiro atoms. The molecule has 3 aromatic rings. The van der Waals surface area contributed by atoms with Crippen molar-refractivity contribution in [2.75, 3.05) is 24.9 Å². The molecule has 0 saturated carbocycles. The number of benzene rings is 2. The maximum atomic E-state index is 12.6. The van der Waals surface area contributed by atoms with Crippen LogP contribution in [0.4, 0.5) is 17.3 Å². The first kappa shape index (κ1) is 19.2. The SMILES string of the molecule is COc1ccc(Nc2nccc(C(=O)Nc3ccc(C)cc3C)n2)cc1OC. The number of hydrogen-bond acceptors (Lipinski definition) is 6. The van der Waals surface area contributed by atoms with Gasteiger partial charge in [-0.2, -0.15) is 0 Å². The van der Waals surface area contributed by atoms with Crippen molar-refractivity contribution in [2.24, 2.45) is 0 Å². The Balaban J connectivity index is 1.77. The summed E-state index contributed by atoms with van der Waals surface area (Å²) in [5.74, 6) is 1.21. The standard InChI is InChI=1S/C21H22N4O3/c1-13-5-7-16(14(2)11-13)24-20(26)17-9-10-22-21(25-17)23-15-6-8-18(27-3)19(12-15)28-4/h5-12H,1-4H3,(H,24,26)(H,22,23,25). The molecule has 28 heavy (non-hydrogen) atoms. The molecule has 0 fully saturated rings. The average molecular weight is 378 g/mol. The van der Waals surface area contributed by atoms with Crippen molar-refractivity contribution in [3.8, 4) is 11.5 Å². The smallest absolute Gasteiger partial charge is 0.274 e. The molecule has 0 saturated heterocycles. The lowest BCUT2D eigenvalue weighted by molar-refractivity contribution is 0.102. The molecule has 3 rings (SSSR count). The quantitative estimate of drug-likeness (QED) is 0.671. The predicted octanol–water partition coefficient (Wildman–Crippen LogP) is 4.11. The molecule has 1 aromatic heterocycles. The minimum Gasteiger partial charge on any atom is -0.493 e. The van der Waals surface area contributed by atoms with Crippen LogP contribution in [0, 0.1) is 13.8 Å². The van der Waals surface area contributed by atoms with E-state index < -0.39 is 0 Å². The monoisotopic (exact) mass is 378 g/mol. The lowest BCUT2D eigenvalue weighted by Gasteiger charge is -2.11. The molecule has 0 unspecified atom stereocenters. The zero-order valence-electron chi connectivity index (χ0n) is 16.2. The number of aromatic nitrogens is 2. The fourth-order valence-electron chi connectivity index (χ4n) is 2.73. The van der Waals surface area contributed by atoms with E-state index in [1.165, 1.54) is 6.20 Å². The molecule has 1 heterocycles. The van der Waals surface area contributed by atoms with Crippen LogP contribution in [0.25, 0.3) is 0 Å². The van der Waals surface area contributed by atoms with Crippen molar-refractivity contribution >= 4 is 23.2 Å². The van der Waals surface area contributed by atoms with Crippen LogP contribution in [-0.4, -0.2) is 30.1 Å². The second kappa shape index (κ2) is 8.39. The Hall–Kier alpha value is -3.61. The number of rotatable bonds is 6. The topological polar surface area (TPSA) is 85.4 Å². The Morgan fingerprint density at radius 2 is 1.75 bits per heavy atom. The molecule has 0 aliphatic carbocycles. The number of nitrogens with zero attached hydrogens (tertiary/aromatic N) is 2. The van der Waals surface area contributed by atoms with Gasteiger partial charge in [-0.05, 0) is 43.7 Å². The highest BCUT2D eigenvalue weighted by Crippen LogP contribution is 2.30. The van der Waals surface area contributed by atoms with E-state index in [2.05, 4.69) is 20.6 Å². The summed E-state index contributed by atoms with van der Waals surface area (Å²) in [4.78, 5) is 21.1. The van der Waals surface area contributed by atoms with E-state index in [4.69, 9.17) is 9.47 Å². The summed E-state index contributed by atoms with van der Waals surface area (Å²) >= 11 is 0. The molecule has 0 bridgehead atoms. The fraction of sp³-hybridized carbons (Fsp3) is 0.190. The summed E-state index contributed by atoms with van der Waals surface area (Å²) in [5, 5.41) is 5.95. The average Bonchev–Trinajstić information content (AvgIpc) is 2.70. The summed E-state index contributed by atoms with van der Waals surface area (Å²) < 4.78 is 10.5. The van der Waals surface area contributed by atoms with Gasteiger partial charge in [0.25, 0.3) is 5.91 Å². The summed E-state index contributed by atoms with van der Waals surface area (Å²) in [7, 11) is 3.14. The highest BCUT2D eigenvalue weighted by atomic mass is 16.5. The van der Waals surface area contributed by atoms with Crippen molar-refractivity contribution in [1.29, 1.82) is 0 Å². The zero-order valence-corrected chi connectivity index (χ0v) is 16.2. The Morgan fingerprint density at radius 1 is 0.964 bits per heavy atom. The van der Waals surface area contributed by atoms with Gasteiger partial charge in [0.1, 0.15) is 5.69 Å². The second-order valence-electron chi connectivity index (χ2n) is 6.23. The third-order valence-corrected chi connectivity index (χ3v) is 4.16. The first-order valence-electron chi connectivity index (χ1n) is 8.71. The van der Waals surface area contributed by atoms with Gasteiger partial charge in [0, 0.05) is 23.6 Å². The van der Waals surface area contributed by atoms with Crippen LogP contribution in [0.3, 0.4) is 0 Å². The largest absolute Gasteiger partial charge is 0.493 e. The molecule has 2 aromatic carbocycles. The maximum Gasteiger partial charge on any atom is 0.274 e. The van der Waals surface area contributed by atoms with Gasteiger partial charge in [0.2, 0.25) is 5.95 Å². The Morgan fingerprint density at radius 3 is 2.46 bits per heavy atom. The van der Waals surface area contributed by atoms with Gasteiger partial charge < -0.3 is 20.1 Å². The van der Waals surface area contributed by atoms with E-state index in [1.54, 1.807) is 32.4 Å². The summed E-state index contributed by atoms with van der Waals surface area (Å²) in [6.45, 7) is 3.96. The normalized spacial score (nSPS) is 10.3. The molecular weight excluding hydrogens is 356 g/mol. The van der Waals surface area contributed by atoms with Gasteiger partial charge in [-0.3, -0.25) is 4.79 Å². The van der Waals surface area contributed by atoms with Crippen LogP contribution in [0.15, 0.2) is 48.7 Å². The number of anilines is 3. The molecule has 0 radical (unpaired) electrons. The van der Waals surface area contributed by atoms with E-state index >= 15 is 0 Å². The minimum absolute atomic E-state index is 0.262. The van der Waals surface area contributed by atoms with Crippen molar-refractivity contribution in [3.63, 3.8) is 0 Å². The van der Waals surface area contributed by atoms with Crippen molar-refractivity contribution < 1.29 is 14.3 Å². The van der Waals surface area contributed by atoms with Crippen molar-refractivity contribution in [2.45, 2.75) is 13.8 Å². The van der Waals surface area contributed by atoms with Gasteiger partial charge in [-0.1, -0.05) is 17.7 Å². The van der Waals surface area contributed by atoms with Gasteiger partial charge in [-0.25, -0.2) is 9.97 Å². The molecule has 7 nitrogen and oxygen atoms in total. The van der Waals surface area contributed by atoms with Crippen molar-refractivity contribution in [1.82, 2.24) is 9.97 Å². The third-order valence-electron chi connectivity index (χ3n) is 4.16. The number of aryl methyl sites for hydroxylation is 2. The summed E-state index contributed by atoms with van der Waals surface area (Å²) in [6.07, 6.45) is 1.53. The minimum atomic E-state index is -0.301. The van der Waals surface area contributed by atoms with Crippen molar-refractivity contribution in [3.05, 3.63) is 65.5 Å². The highest BCUT2D eigenvalue weighted by Gasteiger charge is 2.12. The van der Waals surface area contributed by atoms with Crippen LogP contribution in [-0.2, 0) is 0 Å². The van der Waals surface area contributed by atoms with E-state index in [0.29, 0.717) is 23.1 Å². The zero-order chi connectivity index (χ0) is 20.1. The summed E-state index contributed by atoms with van der Waals surface area (Å²) in [6, 6.07) is 12.8. The number of nitrogens with one attached hydrogen (secondary N) is 2. The Kier molecular flexibility index (Phi) is 5.74. The summed E-state index contributed by atoms with van der Waals surface area (Å²) in [5.41, 5.74) is 3.86. The van der Waals surface area contributed by atoms with E-state index in [1.807, 2.05) is 38.1 Å². The van der Waals surface area contributed by atoms with Crippen LogP contribution >= 0.6 is 0 Å². The second-order valence-corrected chi connectivity index (χ2v) is 6.23. The van der Waals surface area contributed by atoms with Gasteiger partial charge in [-0.15, -0.1) is 0 Å². The first-order chi connectivity index (χ1) is 13.5. The number of carbonyl (C=O) groups is 1. The molecular formula is C21H22N4O3. The number of carbonyl (C=O) groups excluding carboxylic acids is 1. The Bertz CT molecular complexity index is 1000. The van der Waals surface area contributed by atoms with E-state index in [9.17, 15) is 4.79 Å². The molecule has 0 atom stereocenters. The Labute approximate surface area is 163 Å². The molecule has 0 aliphatic rings. The highest BCUT2D eigenvalue weighted by molar-refractivity contribution is 6.03. The number of hydrogen-bond donors (Lipinski definition) is 2.